The van der Waals surface area contributed by atoms with Crippen molar-refractivity contribution in [3.05, 3.63) is 52.5 Å². The van der Waals surface area contributed by atoms with Crippen LogP contribution in [0.25, 0.3) is 0 Å². The molecule has 29 heavy (non-hydrogen) atoms. The fraction of sp³-hybridized carbons (Fsp3) is 0.500. The number of likely N-dealkylation sites (tertiary alicyclic amines) is 2. The number of hydrogen-bond acceptors (Lipinski definition) is 5. The minimum absolute atomic E-state index is 0.0180. The molecule has 5 rings (SSSR count). The maximum absolute atomic E-state index is 13.0. The lowest BCUT2D eigenvalue weighted by Crippen LogP contribution is -2.64. The topological polar surface area (TPSA) is 65.5 Å². The molecule has 1 atom stereocenters. The highest BCUT2D eigenvalue weighted by atomic mass is 32.1. The van der Waals surface area contributed by atoms with E-state index >= 15 is 0 Å². The van der Waals surface area contributed by atoms with Gasteiger partial charge in [0.05, 0.1) is 11.4 Å². The van der Waals surface area contributed by atoms with Gasteiger partial charge in [-0.05, 0) is 24.3 Å². The summed E-state index contributed by atoms with van der Waals surface area (Å²) in [7, 11) is 0. The molecule has 2 amide bonds. The number of rotatable bonds is 6. The van der Waals surface area contributed by atoms with Crippen LogP contribution in [0.3, 0.4) is 0 Å². The predicted octanol–water partition coefficient (Wildman–Crippen LogP) is 2.24. The Labute approximate surface area is 174 Å². The van der Waals surface area contributed by atoms with Gasteiger partial charge in [0.2, 0.25) is 5.91 Å². The van der Waals surface area contributed by atoms with Gasteiger partial charge >= 0.3 is 0 Å². The van der Waals surface area contributed by atoms with E-state index in [0.29, 0.717) is 24.7 Å². The minimum Gasteiger partial charge on any atom is -0.356 e. The summed E-state index contributed by atoms with van der Waals surface area (Å²) in [4.78, 5) is 34.1. The summed E-state index contributed by atoms with van der Waals surface area (Å²) in [5.41, 5.74) is 3.32. The smallest absolute Gasteiger partial charge is 0.273 e. The molecule has 2 aromatic rings. The summed E-state index contributed by atoms with van der Waals surface area (Å²) in [5.74, 6) is 0.744. The number of carbonyl (C=O) groups is 2. The van der Waals surface area contributed by atoms with Crippen molar-refractivity contribution in [2.75, 3.05) is 32.7 Å². The van der Waals surface area contributed by atoms with Gasteiger partial charge in [0.25, 0.3) is 5.91 Å². The Morgan fingerprint density at radius 1 is 1.17 bits per heavy atom. The fourth-order valence-corrected chi connectivity index (χ4v) is 5.27. The standard InChI is InChI=1S/C22H26N4O2S/c27-20(23-8-16-6-7-16)18-10-25(9-17-4-2-1-3-5-17)12-22(18)13-26(14-22)21(28)19-11-29-15-24-19/h1-5,11,15-16,18H,6-10,12-14H2,(H,23,27). The first-order chi connectivity index (χ1) is 14.1. The molecule has 3 fully saturated rings. The third-order valence-corrected chi connectivity index (χ3v) is 7.08. The Bertz CT molecular complexity index is 875. The van der Waals surface area contributed by atoms with Crippen LogP contribution in [0.1, 0.15) is 28.9 Å². The van der Waals surface area contributed by atoms with Gasteiger partial charge in [0.15, 0.2) is 0 Å². The second-order valence-corrected chi connectivity index (χ2v) is 9.51. The van der Waals surface area contributed by atoms with E-state index in [9.17, 15) is 9.59 Å². The van der Waals surface area contributed by atoms with E-state index in [1.54, 1.807) is 10.9 Å². The van der Waals surface area contributed by atoms with E-state index in [-0.39, 0.29) is 23.1 Å². The number of aromatic nitrogens is 1. The Morgan fingerprint density at radius 2 is 1.97 bits per heavy atom. The van der Waals surface area contributed by atoms with Crippen molar-refractivity contribution in [2.24, 2.45) is 17.3 Å². The lowest BCUT2D eigenvalue weighted by atomic mass is 9.71. The molecule has 1 aliphatic carbocycles. The average molecular weight is 411 g/mol. The number of thiazole rings is 1. The van der Waals surface area contributed by atoms with Crippen LogP contribution in [-0.4, -0.2) is 59.3 Å². The molecular formula is C22H26N4O2S. The van der Waals surface area contributed by atoms with Crippen LogP contribution in [-0.2, 0) is 11.3 Å². The van der Waals surface area contributed by atoms with Gasteiger partial charge in [-0.25, -0.2) is 4.98 Å². The zero-order valence-electron chi connectivity index (χ0n) is 16.4. The molecule has 3 aliphatic rings. The van der Waals surface area contributed by atoms with Crippen LogP contribution < -0.4 is 5.32 Å². The highest BCUT2D eigenvalue weighted by Crippen LogP contribution is 2.45. The van der Waals surface area contributed by atoms with E-state index in [4.69, 9.17) is 0 Å². The summed E-state index contributed by atoms with van der Waals surface area (Å²) in [6.45, 7) is 4.52. The van der Waals surface area contributed by atoms with Gasteiger partial charge in [-0.15, -0.1) is 11.3 Å². The van der Waals surface area contributed by atoms with Crippen molar-refractivity contribution in [3.63, 3.8) is 0 Å². The number of nitrogens with zero attached hydrogens (tertiary/aromatic N) is 3. The van der Waals surface area contributed by atoms with Crippen molar-refractivity contribution < 1.29 is 9.59 Å². The summed E-state index contributed by atoms with van der Waals surface area (Å²) in [5, 5.41) is 4.98. The lowest BCUT2D eigenvalue weighted by Gasteiger charge is -2.50. The summed E-state index contributed by atoms with van der Waals surface area (Å²) >= 11 is 1.43. The molecule has 1 aromatic heterocycles. The van der Waals surface area contributed by atoms with E-state index < -0.39 is 0 Å². The molecule has 6 nitrogen and oxygen atoms in total. The third-order valence-electron chi connectivity index (χ3n) is 6.50. The zero-order valence-corrected chi connectivity index (χ0v) is 17.2. The van der Waals surface area contributed by atoms with Crippen LogP contribution in [0.4, 0.5) is 0 Å². The number of benzene rings is 1. The van der Waals surface area contributed by atoms with Crippen LogP contribution in [0.2, 0.25) is 0 Å². The first-order valence-corrected chi connectivity index (χ1v) is 11.3. The molecule has 7 heteroatoms. The normalized spacial score (nSPS) is 23.2. The second kappa shape index (κ2) is 7.54. The van der Waals surface area contributed by atoms with Gasteiger partial charge in [-0.3, -0.25) is 14.5 Å². The Balaban J connectivity index is 1.29. The maximum atomic E-state index is 13.0. The van der Waals surface area contributed by atoms with Crippen LogP contribution in [0.15, 0.2) is 41.2 Å². The van der Waals surface area contributed by atoms with Crippen molar-refractivity contribution in [3.8, 4) is 0 Å². The number of amides is 2. The highest BCUT2D eigenvalue weighted by Gasteiger charge is 2.57. The maximum Gasteiger partial charge on any atom is 0.273 e. The summed E-state index contributed by atoms with van der Waals surface area (Å²) in [6, 6.07) is 10.4. The van der Waals surface area contributed by atoms with E-state index in [0.717, 1.165) is 26.2 Å². The molecule has 1 unspecified atom stereocenters. The number of hydrogen-bond donors (Lipinski definition) is 1. The predicted molar refractivity (Wildman–Crippen MR) is 111 cm³/mol. The molecule has 1 aromatic carbocycles. The SMILES string of the molecule is O=C(NCC1CC1)C1CN(Cc2ccccc2)CC12CN(C(=O)c1cscn1)C2. The van der Waals surface area contributed by atoms with Gasteiger partial charge in [-0.1, -0.05) is 30.3 Å². The Kier molecular flexibility index (Phi) is 4.87. The van der Waals surface area contributed by atoms with E-state index in [1.165, 1.54) is 29.7 Å². The largest absolute Gasteiger partial charge is 0.356 e. The Hall–Kier alpha value is -2.25. The van der Waals surface area contributed by atoms with Crippen LogP contribution in [0.5, 0.6) is 0 Å². The monoisotopic (exact) mass is 410 g/mol. The molecule has 1 spiro atoms. The van der Waals surface area contributed by atoms with Crippen molar-refractivity contribution in [2.45, 2.75) is 19.4 Å². The first-order valence-electron chi connectivity index (χ1n) is 10.3. The quantitative estimate of drug-likeness (QED) is 0.793. The first kappa shape index (κ1) is 18.8. The molecular weight excluding hydrogens is 384 g/mol. The van der Waals surface area contributed by atoms with Gasteiger partial charge in [0, 0.05) is 50.1 Å². The summed E-state index contributed by atoms with van der Waals surface area (Å²) < 4.78 is 0. The lowest BCUT2D eigenvalue weighted by molar-refractivity contribution is -0.131. The van der Waals surface area contributed by atoms with Gasteiger partial charge in [-0.2, -0.15) is 0 Å². The molecule has 2 aliphatic heterocycles. The number of carbonyl (C=O) groups excluding carboxylic acids is 2. The molecule has 0 bridgehead atoms. The fourth-order valence-electron chi connectivity index (χ4n) is 4.74. The second-order valence-electron chi connectivity index (χ2n) is 8.79. The van der Waals surface area contributed by atoms with Crippen LogP contribution in [0, 0.1) is 17.3 Å². The van der Waals surface area contributed by atoms with Gasteiger partial charge in [0.1, 0.15) is 5.69 Å². The molecule has 0 radical (unpaired) electrons. The molecule has 152 valence electrons. The molecule has 2 saturated heterocycles. The van der Waals surface area contributed by atoms with Crippen LogP contribution >= 0.6 is 11.3 Å². The van der Waals surface area contributed by atoms with E-state index in [2.05, 4.69) is 39.5 Å². The molecule has 3 heterocycles. The molecule has 1 N–H and O–H groups in total. The summed E-state index contributed by atoms with van der Waals surface area (Å²) in [6.07, 6.45) is 2.46. The van der Waals surface area contributed by atoms with Crippen molar-refractivity contribution in [1.82, 2.24) is 20.1 Å². The van der Waals surface area contributed by atoms with Gasteiger partial charge < -0.3 is 10.2 Å². The third kappa shape index (κ3) is 3.81. The molecule has 1 saturated carbocycles. The van der Waals surface area contributed by atoms with E-state index in [1.807, 2.05) is 11.0 Å². The van der Waals surface area contributed by atoms with Crippen molar-refractivity contribution in [1.29, 1.82) is 0 Å². The number of nitrogens with one attached hydrogen (secondary N) is 1. The minimum atomic E-state index is -0.145. The highest BCUT2D eigenvalue weighted by molar-refractivity contribution is 7.07. The van der Waals surface area contributed by atoms with Crippen molar-refractivity contribution >= 4 is 23.2 Å². The Morgan fingerprint density at radius 3 is 2.66 bits per heavy atom. The zero-order chi connectivity index (χ0) is 19.8. The average Bonchev–Trinajstić information content (AvgIpc) is 3.22.